The van der Waals surface area contributed by atoms with Crippen LogP contribution in [0.4, 0.5) is 0 Å². The van der Waals surface area contributed by atoms with Crippen LogP contribution in [0.3, 0.4) is 0 Å². The van der Waals surface area contributed by atoms with E-state index in [0.717, 1.165) is 21.4 Å². The van der Waals surface area contributed by atoms with Crippen molar-refractivity contribution in [2.45, 2.75) is 31.6 Å². The number of thiophene rings is 1. The highest BCUT2D eigenvalue weighted by Gasteiger charge is 2.19. The second kappa shape index (κ2) is 9.01. The minimum atomic E-state index is -0.147. The van der Waals surface area contributed by atoms with E-state index >= 15 is 0 Å². The molecular formula is C20H22N4OS2. The maximum Gasteiger partial charge on any atom is 0.231 e. The van der Waals surface area contributed by atoms with Gasteiger partial charge in [0.25, 0.3) is 0 Å². The third-order valence-electron chi connectivity index (χ3n) is 4.09. The minimum Gasteiger partial charge on any atom is -0.344 e. The molecule has 0 aliphatic carbocycles. The van der Waals surface area contributed by atoms with E-state index in [2.05, 4.69) is 53.3 Å². The van der Waals surface area contributed by atoms with Gasteiger partial charge in [-0.15, -0.1) is 28.1 Å². The normalized spacial score (nSPS) is 11.9. The summed E-state index contributed by atoms with van der Waals surface area (Å²) in [6.07, 6.45) is 1.80. The molecule has 0 spiro atoms. The summed E-state index contributed by atoms with van der Waals surface area (Å²) in [5.41, 5.74) is 2.27. The average Bonchev–Trinajstić information content (AvgIpc) is 3.30. The summed E-state index contributed by atoms with van der Waals surface area (Å²) in [7, 11) is 0. The van der Waals surface area contributed by atoms with Crippen LogP contribution in [0.5, 0.6) is 0 Å². The SMILES string of the molecule is C=CCn1c(C)nnc1SCC(=O)NC(c1ccc(C)cc1)c1cccs1. The van der Waals surface area contributed by atoms with Gasteiger partial charge in [-0.05, 0) is 30.9 Å². The molecule has 140 valence electrons. The molecule has 27 heavy (non-hydrogen) atoms. The number of nitrogens with one attached hydrogen (secondary N) is 1. The van der Waals surface area contributed by atoms with Crippen molar-refractivity contribution in [3.63, 3.8) is 0 Å². The summed E-state index contributed by atoms with van der Waals surface area (Å²) in [5, 5.41) is 14.1. The molecule has 3 aromatic rings. The van der Waals surface area contributed by atoms with Gasteiger partial charge in [0.1, 0.15) is 5.82 Å². The summed E-state index contributed by atoms with van der Waals surface area (Å²) in [6, 6.07) is 12.2. The Labute approximate surface area is 167 Å². The Morgan fingerprint density at radius 3 is 2.74 bits per heavy atom. The molecule has 0 radical (unpaired) electrons. The van der Waals surface area contributed by atoms with Gasteiger partial charge in [0.2, 0.25) is 5.91 Å². The van der Waals surface area contributed by atoms with Crippen LogP contribution in [-0.4, -0.2) is 26.4 Å². The van der Waals surface area contributed by atoms with Crippen LogP contribution >= 0.6 is 23.1 Å². The molecular weight excluding hydrogens is 376 g/mol. The van der Waals surface area contributed by atoms with E-state index < -0.39 is 0 Å². The molecule has 1 atom stereocenters. The molecule has 0 aliphatic rings. The second-order valence-electron chi connectivity index (χ2n) is 6.14. The molecule has 0 saturated carbocycles. The number of hydrogen-bond donors (Lipinski definition) is 1. The van der Waals surface area contributed by atoms with E-state index in [0.29, 0.717) is 6.54 Å². The zero-order chi connectivity index (χ0) is 19.2. The Morgan fingerprint density at radius 2 is 2.07 bits per heavy atom. The standard InChI is InChI=1S/C20H22N4OS2/c1-4-11-24-15(3)22-23-20(24)27-13-18(25)21-19(17-6-5-12-26-17)16-9-7-14(2)8-10-16/h4-10,12,19H,1,11,13H2,2-3H3,(H,21,25). The monoisotopic (exact) mass is 398 g/mol. The fourth-order valence-electron chi connectivity index (χ4n) is 2.67. The van der Waals surface area contributed by atoms with Crippen LogP contribution in [0.1, 0.15) is 27.9 Å². The first-order valence-corrected chi connectivity index (χ1v) is 10.5. The zero-order valence-electron chi connectivity index (χ0n) is 15.4. The molecule has 0 aliphatic heterocycles. The first kappa shape index (κ1) is 19.4. The number of aromatic nitrogens is 3. The molecule has 5 nitrogen and oxygen atoms in total. The van der Waals surface area contributed by atoms with E-state index in [1.165, 1.54) is 17.3 Å². The van der Waals surface area contributed by atoms with Crippen molar-refractivity contribution < 1.29 is 4.79 Å². The Bertz CT molecular complexity index is 901. The number of thioether (sulfide) groups is 1. The van der Waals surface area contributed by atoms with E-state index in [1.807, 2.05) is 29.0 Å². The fourth-order valence-corrected chi connectivity index (χ4v) is 4.28. The molecule has 1 unspecified atom stereocenters. The van der Waals surface area contributed by atoms with Crippen molar-refractivity contribution in [2.24, 2.45) is 0 Å². The highest BCUT2D eigenvalue weighted by atomic mass is 32.2. The number of rotatable bonds is 8. The first-order chi connectivity index (χ1) is 13.1. The van der Waals surface area contributed by atoms with Crippen molar-refractivity contribution in [1.82, 2.24) is 20.1 Å². The highest BCUT2D eigenvalue weighted by molar-refractivity contribution is 7.99. The Hall–Kier alpha value is -2.38. The van der Waals surface area contributed by atoms with Crippen LogP contribution in [0, 0.1) is 13.8 Å². The lowest BCUT2D eigenvalue weighted by Gasteiger charge is -2.18. The van der Waals surface area contributed by atoms with E-state index in [4.69, 9.17) is 0 Å². The molecule has 2 heterocycles. The molecule has 0 bridgehead atoms. The van der Waals surface area contributed by atoms with E-state index in [-0.39, 0.29) is 17.7 Å². The molecule has 2 aromatic heterocycles. The lowest BCUT2D eigenvalue weighted by Crippen LogP contribution is -2.30. The summed E-state index contributed by atoms with van der Waals surface area (Å²) >= 11 is 3.03. The quantitative estimate of drug-likeness (QED) is 0.458. The van der Waals surface area contributed by atoms with Crippen LogP contribution in [0.2, 0.25) is 0 Å². The predicted molar refractivity (Wildman–Crippen MR) is 111 cm³/mol. The van der Waals surface area contributed by atoms with E-state index in [1.54, 1.807) is 17.4 Å². The van der Waals surface area contributed by atoms with Gasteiger partial charge in [0.15, 0.2) is 5.16 Å². The van der Waals surface area contributed by atoms with Gasteiger partial charge < -0.3 is 9.88 Å². The molecule has 0 fully saturated rings. The van der Waals surface area contributed by atoms with Crippen LogP contribution in [-0.2, 0) is 11.3 Å². The Balaban J connectivity index is 1.70. The molecule has 1 N–H and O–H groups in total. The molecule has 1 aromatic carbocycles. The third-order valence-corrected chi connectivity index (χ3v) is 5.99. The number of aryl methyl sites for hydroxylation is 2. The van der Waals surface area contributed by atoms with Gasteiger partial charge in [-0.2, -0.15) is 0 Å². The summed E-state index contributed by atoms with van der Waals surface area (Å²) < 4.78 is 1.95. The van der Waals surface area contributed by atoms with Crippen molar-refractivity contribution in [3.8, 4) is 0 Å². The number of nitrogens with zero attached hydrogens (tertiary/aromatic N) is 3. The molecule has 7 heteroatoms. The van der Waals surface area contributed by atoms with Gasteiger partial charge in [0, 0.05) is 11.4 Å². The minimum absolute atomic E-state index is 0.0372. The van der Waals surface area contributed by atoms with Gasteiger partial charge in [0.05, 0.1) is 11.8 Å². The average molecular weight is 399 g/mol. The lowest BCUT2D eigenvalue weighted by atomic mass is 10.0. The zero-order valence-corrected chi connectivity index (χ0v) is 17.0. The maximum absolute atomic E-state index is 12.6. The maximum atomic E-state index is 12.6. The number of benzene rings is 1. The number of allylic oxidation sites excluding steroid dienone is 1. The lowest BCUT2D eigenvalue weighted by molar-refractivity contribution is -0.119. The third kappa shape index (κ3) is 4.87. The van der Waals surface area contributed by atoms with Crippen molar-refractivity contribution in [2.75, 3.05) is 5.75 Å². The molecule has 1 amide bonds. The van der Waals surface area contributed by atoms with Gasteiger partial charge in [-0.1, -0.05) is 53.7 Å². The number of hydrogen-bond acceptors (Lipinski definition) is 5. The summed E-state index contributed by atoms with van der Waals surface area (Å²) in [6.45, 7) is 8.34. The topological polar surface area (TPSA) is 59.8 Å². The highest BCUT2D eigenvalue weighted by Crippen LogP contribution is 2.27. The van der Waals surface area contributed by atoms with Crippen molar-refractivity contribution >= 4 is 29.0 Å². The fraction of sp³-hybridized carbons (Fsp3) is 0.250. The number of amides is 1. The predicted octanol–water partition coefficient (Wildman–Crippen LogP) is 4.14. The largest absolute Gasteiger partial charge is 0.344 e. The first-order valence-electron chi connectivity index (χ1n) is 8.61. The number of carbonyl (C=O) groups excluding carboxylic acids is 1. The van der Waals surface area contributed by atoms with Gasteiger partial charge in [-0.25, -0.2) is 0 Å². The number of carbonyl (C=O) groups is 1. The van der Waals surface area contributed by atoms with Gasteiger partial charge >= 0.3 is 0 Å². The smallest absolute Gasteiger partial charge is 0.231 e. The van der Waals surface area contributed by atoms with Crippen molar-refractivity contribution in [3.05, 3.63) is 76.3 Å². The molecule has 0 saturated heterocycles. The summed E-state index contributed by atoms with van der Waals surface area (Å²) in [5.74, 6) is 1.06. The summed E-state index contributed by atoms with van der Waals surface area (Å²) in [4.78, 5) is 13.7. The second-order valence-corrected chi connectivity index (χ2v) is 8.07. The Morgan fingerprint density at radius 1 is 1.30 bits per heavy atom. The van der Waals surface area contributed by atoms with Crippen LogP contribution in [0.25, 0.3) is 0 Å². The molecule has 3 rings (SSSR count). The van der Waals surface area contributed by atoms with Crippen LogP contribution in [0.15, 0.2) is 59.6 Å². The van der Waals surface area contributed by atoms with E-state index in [9.17, 15) is 4.79 Å². The van der Waals surface area contributed by atoms with Crippen molar-refractivity contribution in [1.29, 1.82) is 0 Å². The van der Waals surface area contributed by atoms with Crippen LogP contribution < -0.4 is 5.32 Å². The van der Waals surface area contributed by atoms with Gasteiger partial charge in [-0.3, -0.25) is 4.79 Å². The Kier molecular flexibility index (Phi) is 6.47.